The van der Waals surface area contributed by atoms with Crippen molar-refractivity contribution in [2.45, 2.75) is 83.0 Å². The highest BCUT2D eigenvalue weighted by molar-refractivity contribution is 5.87. The zero-order valence-electron chi connectivity index (χ0n) is 18.6. The van der Waals surface area contributed by atoms with Crippen molar-refractivity contribution < 1.29 is 14.4 Å². The molecule has 1 aliphatic carbocycles. The average molecular weight is 424 g/mol. The van der Waals surface area contributed by atoms with Gasteiger partial charge in [-0.15, -0.1) is 0 Å². The van der Waals surface area contributed by atoms with Crippen LogP contribution in [-0.2, 0) is 20.8 Å². The summed E-state index contributed by atoms with van der Waals surface area (Å²) in [4.78, 5) is 44.7. The molecule has 3 saturated heterocycles. The molecule has 6 heteroatoms. The third-order valence-electron chi connectivity index (χ3n) is 8.39. The van der Waals surface area contributed by atoms with Crippen molar-refractivity contribution in [3.8, 4) is 0 Å². The van der Waals surface area contributed by atoms with Crippen LogP contribution >= 0.6 is 0 Å². The predicted molar refractivity (Wildman–Crippen MR) is 117 cm³/mol. The van der Waals surface area contributed by atoms with E-state index in [1.807, 2.05) is 18.2 Å². The van der Waals surface area contributed by atoms with Gasteiger partial charge in [0.15, 0.2) is 0 Å². The van der Waals surface area contributed by atoms with Gasteiger partial charge in [-0.1, -0.05) is 37.3 Å². The minimum atomic E-state index is -0.0630. The van der Waals surface area contributed by atoms with Gasteiger partial charge in [-0.05, 0) is 44.1 Å². The third kappa shape index (κ3) is 3.26. The summed E-state index contributed by atoms with van der Waals surface area (Å²) in [5.41, 5.74) is 1.14. The van der Waals surface area contributed by atoms with Gasteiger partial charge in [0.25, 0.3) is 0 Å². The summed E-state index contributed by atoms with van der Waals surface area (Å²) in [7, 11) is 0. The maximum atomic E-state index is 13.6. The monoisotopic (exact) mass is 423 g/mol. The van der Waals surface area contributed by atoms with E-state index < -0.39 is 0 Å². The van der Waals surface area contributed by atoms with Crippen LogP contribution in [0.1, 0.15) is 57.9 Å². The van der Waals surface area contributed by atoms with E-state index >= 15 is 0 Å². The molecule has 6 nitrogen and oxygen atoms in total. The van der Waals surface area contributed by atoms with Gasteiger partial charge in [0.2, 0.25) is 17.7 Å². The van der Waals surface area contributed by atoms with E-state index in [1.54, 1.807) is 11.8 Å². The third-order valence-corrected chi connectivity index (χ3v) is 8.39. The number of hydrogen-bond acceptors (Lipinski definition) is 3. The van der Waals surface area contributed by atoms with Gasteiger partial charge in [-0.2, -0.15) is 0 Å². The van der Waals surface area contributed by atoms with Crippen molar-refractivity contribution in [2.24, 2.45) is 5.41 Å². The Morgan fingerprint density at radius 1 is 1.06 bits per heavy atom. The van der Waals surface area contributed by atoms with Crippen molar-refractivity contribution in [2.75, 3.05) is 13.1 Å². The van der Waals surface area contributed by atoms with Crippen molar-refractivity contribution in [1.29, 1.82) is 0 Å². The van der Waals surface area contributed by atoms with Gasteiger partial charge in [0.05, 0.1) is 18.6 Å². The van der Waals surface area contributed by atoms with E-state index in [9.17, 15) is 14.4 Å². The zero-order valence-corrected chi connectivity index (χ0v) is 18.6. The summed E-state index contributed by atoms with van der Waals surface area (Å²) < 4.78 is 0. The minimum absolute atomic E-state index is 0.0126. The van der Waals surface area contributed by atoms with Crippen LogP contribution in [-0.4, -0.2) is 69.7 Å². The second-order valence-electron chi connectivity index (χ2n) is 10.1. The van der Waals surface area contributed by atoms with Crippen LogP contribution in [0, 0.1) is 5.41 Å². The summed E-state index contributed by atoms with van der Waals surface area (Å²) in [5.74, 6) is 0.277. The molecule has 0 spiro atoms. The maximum Gasteiger partial charge on any atom is 0.242 e. The fraction of sp³-hybridized carbons (Fsp3) is 0.640. The lowest BCUT2D eigenvalue weighted by molar-refractivity contribution is -0.143. The fourth-order valence-electron chi connectivity index (χ4n) is 7.11. The fourth-order valence-corrected chi connectivity index (χ4v) is 7.11. The molecule has 0 aromatic heterocycles. The molecule has 0 unspecified atom stereocenters. The first kappa shape index (κ1) is 20.5. The molecule has 5 atom stereocenters. The lowest BCUT2D eigenvalue weighted by Gasteiger charge is -2.52. The Bertz CT molecular complexity index is 887. The molecule has 166 valence electrons. The summed E-state index contributed by atoms with van der Waals surface area (Å²) in [6.45, 7) is 4.84. The van der Waals surface area contributed by atoms with Crippen LogP contribution in [0.15, 0.2) is 30.3 Å². The molecule has 31 heavy (non-hydrogen) atoms. The van der Waals surface area contributed by atoms with E-state index in [2.05, 4.69) is 28.9 Å². The Morgan fingerprint density at radius 2 is 1.77 bits per heavy atom. The normalized spacial score (nSPS) is 34.4. The summed E-state index contributed by atoms with van der Waals surface area (Å²) in [5, 5.41) is 0. The van der Waals surface area contributed by atoms with Crippen LogP contribution in [0.25, 0.3) is 0 Å². The number of likely N-dealkylation sites (tertiary alicyclic amines) is 3. The van der Waals surface area contributed by atoms with Crippen molar-refractivity contribution in [3.05, 3.63) is 35.9 Å². The Balaban J connectivity index is 1.51. The summed E-state index contributed by atoms with van der Waals surface area (Å²) in [6.07, 6.45) is 6.14. The standard InChI is InChI=1S/C25H33N3O3/c1-17(29)27-19(14-18-8-4-3-5-9-18)20-15-25(2)21(27)10-6-11-22(25)28(20)24(31)16-26-13-7-12-23(26)30/h3-5,8-9,19-22H,6-7,10-16H2,1-2H3/t19-,20-,21+,22-,25+/m0/s1. The summed E-state index contributed by atoms with van der Waals surface area (Å²) in [6, 6.07) is 10.6. The van der Waals surface area contributed by atoms with Gasteiger partial charge in [0.1, 0.15) is 0 Å². The van der Waals surface area contributed by atoms with Crippen molar-refractivity contribution in [1.82, 2.24) is 14.7 Å². The predicted octanol–water partition coefficient (Wildman–Crippen LogP) is 2.61. The molecule has 3 aliphatic heterocycles. The van der Waals surface area contributed by atoms with Gasteiger partial charge in [-0.3, -0.25) is 14.4 Å². The first-order valence-corrected chi connectivity index (χ1v) is 11.8. The first-order chi connectivity index (χ1) is 14.9. The maximum absolute atomic E-state index is 13.6. The molecule has 3 amide bonds. The number of rotatable bonds is 4. The van der Waals surface area contributed by atoms with Crippen molar-refractivity contribution >= 4 is 17.7 Å². The number of benzene rings is 1. The van der Waals surface area contributed by atoms with Crippen LogP contribution < -0.4 is 0 Å². The molecule has 5 rings (SSSR count). The Kier molecular flexibility index (Phi) is 5.06. The highest BCUT2D eigenvalue weighted by Crippen LogP contribution is 2.56. The highest BCUT2D eigenvalue weighted by atomic mass is 16.2. The smallest absolute Gasteiger partial charge is 0.242 e. The number of nitrogens with zero attached hydrogens (tertiary/aromatic N) is 3. The second kappa shape index (κ2) is 7.64. The van der Waals surface area contributed by atoms with E-state index in [4.69, 9.17) is 0 Å². The Labute approximate surface area is 184 Å². The van der Waals surface area contributed by atoms with E-state index in [1.165, 1.54) is 5.56 Å². The molecule has 3 heterocycles. The number of amides is 3. The molecule has 0 N–H and O–H groups in total. The topological polar surface area (TPSA) is 60.9 Å². The molecule has 0 radical (unpaired) electrons. The molecule has 1 aromatic carbocycles. The summed E-state index contributed by atoms with van der Waals surface area (Å²) >= 11 is 0. The largest absolute Gasteiger partial charge is 0.334 e. The van der Waals surface area contributed by atoms with Gasteiger partial charge < -0.3 is 14.7 Å². The SMILES string of the molecule is CC(=O)N1[C@@H](Cc2ccccc2)[C@@H]2C[C@@]3(C)[C@H](CCC[C@@H]13)N2C(=O)CN1CCCC1=O. The first-order valence-electron chi connectivity index (χ1n) is 11.8. The van der Waals surface area contributed by atoms with E-state index in [0.717, 1.165) is 38.5 Å². The number of carbonyl (C=O) groups is 3. The molecule has 4 aliphatic rings. The molecule has 2 bridgehead atoms. The minimum Gasteiger partial charge on any atom is -0.334 e. The van der Waals surface area contributed by atoms with E-state index in [0.29, 0.717) is 13.0 Å². The molecule has 4 fully saturated rings. The van der Waals surface area contributed by atoms with Gasteiger partial charge in [0, 0.05) is 37.4 Å². The average Bonchev–Trinajstić information content (AvgIpc) is 3.28. The number of carbonyl (C=O) groups excluding carboxylic acids is 3. The Morgan fingerprint density at radius 3 is 2.42 bits per heavy atom. The zero-order chi connectivity index (χ0) is 21.8. The molecular weight excluding hydrogens is 390 g/mol. The quantitative estimate of drug-likeness (QED) is 0.748. The number of fused-ring (bicyclic) bond motifs is 1. The molecular formula is C25H33N3O3. The Hall–Kier alpha value is -2.37. The van der Waals surface area contributed by atoms with Crippen LogP contribution in [0.5, 0.6) is 0 Å². The van der Waals surface area contributed by atoms with Crippen LogP contribution in [0.4, 0.5) is 0 Å². The molecule has 1 aromatic rings. The number of hydrogen-bond donors (Lipinski definition) is 0. The van der Waals surface area contributed by atoms with Gasteiger partial charge in [-0.25, -0.2) is 0 Å². The molecule has 1 saturated carbocycles. The van der Waals surface area contributed by atoms with E-state index in [-0.39, 0.29) is 53.8 Å². The second-order valence-corrected chi connectivity index (χ2v) is 10.1. The van der Waals surface area contributed by atoms with Gasteiger partial charge >= 0.3 is 0 Å². The highest BCUT2D eigenvalue weighted by Gasteiger charge is 2.64. The van der Waals surface area contributed by atoms with Crippen LogP contribution in [0.2, 0.25) is 0 Å². The van der Waals surface area contributed by atoms with Crippen LogP contribution in [0.3, 0.4) is 0 Å². The number of piperidine rings is 1. The lowest BCUT2D eigenvalue weighted by Crippen LogP contribution is -2.62. The lowest BCUT2D eigenvalue weighted by atomic mass is 9.64. The van der Waals surface area contributed by atoms with Crippen molar-refractivity contribution in [3.63, 3.8) is 0 Å².